The van der Waals surface area contributed by atoms with Crippen LogP contribution in [-0.2, 0) is 11.4 Å². The van der Waals surface area contributed by atoms with Gasteiger partial charge < -0.3 is 9.47 Å². The van der Waals surface area contributed by atoms with Crippen LogP contribution >= 0.6 is 39.9 Å². The molecule has 2 amide bonds. The molecule has 0 saturated carbocycles. The van der Waals surface area contributed by atoms with Crippen LogP contribution in [-0.4, -0.2) is 27.8 Å². The van der Waals surface area contributed by atoms with Crippen molar-refractivity contribution in [2.24, 2.45) is 0 Å². The largest absolute Gasteiger partial charge is 0.490 e. The number of benzene rings is 3. The number of nitrogens with one attached hydrogen (secondary N) is 1. The van der Waals surface area contributed by atoms with E-state index in [1.165, 1.54) is 0 Å². The van der Waals surface area contributed by atoms with Gasteiger partial charge in [0.25, 0.3) is 11.8 Å². The molecule has 1 N–H and O–H groups in total. The number of rotatable bonds is 8. The second kappa shape index (κ2) is 11.7. The molecule has 1 aliphatic rings. The van der Waals surface area contributed by atoms with Gasteiger partial charge in [-0.15, -0.1) is 0 Å². The van der Waals surface area contributed by atoms with E-state index in [-0.39, 0.29) is 4.32 Å². The van der Waals surface area contributed by atoms with E-state index in [2.05, 4.69) is 21.4 Å². The minimum atomic E-state index is -0.398. The Bertz CT molecular complexity index is 1340. The lowest BCUT2D eigenvalue weighted by Crippen LogP contribution is -2.45. The number of hydrogen-bond donors (Lipinski definition) is 1. The molecule has 6 nitrogen and oxygen atoms in total. The zero-order chi connectivity index (χ0) is 25.7. The number of carbonyl (C=O) groups is 2. The molecule has 0 atom stereocenters. The van der Waals surface area contributed by atoms with E-state index in [0.29, 0.717) is 39.7 Å². The Morgan fingerprint density at radius 2 is 1.83 bits per heavy atom. The lowest BCUT2D eigenvalue weighted by atomic mass is 10.1. The summed E-state index contributed by atoms with van der Waals surface area (Å²) in [5, 5.41) is 1.11. The van der Waals surface area contributed by atoms with Crippen molar-refractivity contribution in [3.8, 4) is 11.5 Å². The monoisotopic (exact) mass is 582 g/mol. The molecule has 0 unspecified atom stereocenters. The predicted molar refractivity (Wildman–Crippen MR) is 150 cm³/mol. The molecule has 184 valence electrons. The Labute approximate surface area is 227 Å². The van der Waals surface area contributed by atoms with Crippen LogP contribution in [0.3, 0.4) is 0 Å². The molecule has 9 heteroatoms. The van der Waals surface area contributed by atoms with Crippen LogP contribution in [0, 0.1) is 6.92 Å². The van der Waals surface area contributed by atoms with E-state index in [4.69, 9.17) is 21.7 Å². The highest BCUT2D eigenvalue weighted by Gasteiger charge is 2.34. The average molecular weight is 584 g/mol. The summed E-state index contributed by atoms with van der Waals surface area (Å²) in [5.74, 6) is 0.339. The van der Waals surface area contributed by atoms with Gasteiger partial charge in [-0.3, -0.25) is 15.0 Å². The quantitative estimate of drug-likeness (QED) is 0.249. The third kappa shape index (κ3) is 5.98. The number of carbonyl (C=O) groups excluding carboxylic acids is 2. The maximum absolute atomic E-state index is 13.1. The fraction of sp³-hybridized carbons (Fsp3) is 0.148. The van der Waals surface area contributed by atoms with E-state index in [1.54, 1.807) is 18.2 Å². The summed E-state index contributed by atoms with van der Waals surface area (Å²) in [6, 6.07) is 20.7. The molecule has 3 aromatic carbocycles. The van der Waals surface area contributed by atoms with Gasteiger partial charge >= 0.3 is 0 Å². The molecule has 3 aromatic rings. The van der Waals surface area contributed by atoms with Crippen molar-refractivity contribution in [1.29, 1.82) is 0 Å². The molecule has 1 heterocycles. The fourth-order valence-corrected chi connectivity index (χ4v) is 5.26. The fourth-order valence-electron chi connectivity index (χ4n) is 3.51. The summed E-state index contributed by atoms with van der Waals surface area (Å²) in [6.45, 7) is 4.56. The lowest BCUT2D eigenvalue weighted by Gasteiger charge is -2.16. The van der Waals surface area contributed by atoms with Crippen LogP contribution in [0.25, 0.3) is 6.08 Å². The summed E-state index contributed by atoms with van der Waals surface area (Å²) in [4.78, 5) is 26.2. The zero-order valence-corrected chi connectivity index (χ0v) is 22.8. The third-order valence-electron chi connectivity index (χ3n) is 5.25. The van der Waals surface area contributed by atoms with Crippen molar-refractivity contribution in [3.05, 3.63) is 98.4 Å². The molecule has 1 saturated heterocycles. The number of nitrogens with zero attached hydrogens (tertiary/aromatic N) is 1. The maximum atomic E-state index is 13.1. The van der Waals surface area contributed by atoms with E-state index in [1.807, 2.05) is 68.4 Å². The summed E-state index contributed by atoms with van der Waals surface area (Å²) < 4.78 is 12.8. The number of thiocarbonyl (C=S) groups is 1. The van der Waals surface area contributed by atoms with Crippen LogP contribution < -0.4 is 14.9 Å². The Balaban J connectivity index is 1.54. The Kier molecular flexibility index (Phi) is 8.45. The second-order valence-corrected chi connectivity index (χ2v) is 10.3. The summed E-state index contributed by atoms with van der Waals surface area (Å²) in [7, 11) is 0. The minimum absolute atomic E-state index is 0.250. The first kappa shape index (κ1) is 25.9. The second-order valence-electron chi connectivity index (χ2n) is 7.81. The molecule has 0 spiro atoms. The first-order valence-electron chi connectivity index (χ1n) is 11.1. The summed E-state index contributed by atoms with van der Waals surface area (Å²) in [5.41, 5.74) is 5.67. The van der Waals surface area contributed by atoms with Crippen molar-refractivity contribution >= 4 is 62.1 Å². The highest BCUT2D eigenvalue weighted by atomic mass is 79.9. The van der Waals surface area contributed by atoms with E-state index in [9.17, 15) is 9.59 Å². The zero-order valence-electron chi connectivity index (χ0n) is 19.6. The van der Waals surface area contributed by atoms with Crippen LogP contribution in [0.4, 0.5) is 0 Å². The molecule has 0 aliphatic carbocycles. The molecule has 0 bridgehead atoms. The van der Waals surface area contributed by atoms with E-state index in [0.717, 1.165) is 33.5 Å². The van der Waals surface area contributed by atoms with E-state index >= 15 is 0 Å². The van der Waals surface area contributed by atoms with E-state index < -0.39 is 11.8 Å². The van der Waals surface area contributed by atoms with Gasteiger partial charge in [-0.2, -0.15) is 5.01 Å². The van der Waals surface area contributed by atoms with Gasteiger partial charge in [0, 0.05) is 5.56 Å². The van der Waals surface area contributed by atoms with Gasteiger partial charge in [0.15, 0.2) is 15.8 Å². The smallest absolute Gasteiger partial charge is 0.285 e. The number of amides is 2. The molecule has 1 aliphatic heterocycles. The highest BCUT2D eigenvalue weighted by molar-refractivity contribution is 9.10. The minimum Gasteiger partial charge on any atom is -0.490 e. The normalized spacial score (nSPS) is 14.3. The van der Waals surface area contributed by atoms with Crippen LogP contribution in [0.1, 0.15) is 34.0 Å². The SMILES string of the molecule is CCOc1cc(/C=C2\SC(=S)N(NC(=O)c3ccccc3C)C2=O)cc(Br)c1OCc1ccccc1. The molecular formula is C27H23BrN2O4S2. The number of ether oxygens (including phenoxy) is 2. The van der Waals surface area contributed by atoms with Gasteiger partial charge in [0.05, 0.1) is 16.0 Å². The molecule has 0 radical (unpaired) electrons. The highest BCUT2D eigenvalue weighted by Crippen LogP contribution is 2.39. The molecule has 0 aromatic heterocycles. The van der Waals surface area contributed by atoms with Gasteiger partial charge in [0.2, 0.25) is 0 Å². The van der Waals surface area contributed by atoms with Crippen LogP contribution in [0.5, 0.6) is 11.5 Å². The van der Waals surface area contributed by atoms with Crippen molar-refractivity contribution in [2.75, 3.05) is 6.61 Å². The van der Waals surface area contributed by atoms with Crippen molar-refractivity contribution in [1.82, 2.24) is 10.4 Å². The van der Waals surface area contributed by atoms with Crippen molar-refractivity contribution in [3.63, 3.8) is 0 Å². The topological polar surface area (TPSA) is 67.9 Å². The van der Waals surface area contributed by atoms with Crippen LogP contribution in [0.2, 0.25) is 0 Å². The Hall–Kier alpha value is -3.14. The maximum Gasteiger partial charge on any atom is 0.285 e. The predicted octanol–water partition coefficient (Wildman–Crippen LogP) is 6.28. The average Bonchev–Trinajstić information content (AvgIpc) is 3.12. The lowest BCUT2D eigenvalue weighted by molar-refractivity contribution is -0.123. The number of hydrazine groups is 1. The standard InChI is InChI=1S/C27H23BrN2O4S2/c1-3-33-22-14-19(13-21(28)24(22)34-16-18-10-5-4-6-11-18)15-23-26(32)30(27(35)36-23)29-25(31)20-12-8-7-9-17(20)2/h4-15H,3,16H2,1-2H3,(H,29,31)/b23-15-. The van der Waals surface area contributed by atoms with Gasteiger partial charge in [-0.1, -0.05) is 60.3 Å². The number of halogens is 1. The van der Waals surface area contributed by atoms with Gasteiger partial charge in [-0.05, 0) is 83.0 Å². The number of aryl methyl sites for hydroxylation is 1. The Morgan fingerprint density at radius 1 is 1.11 bits per heavy atom. The van der Waals surface area contributed by atoms with Crippen LogP contribution in [0.15, 0.2) is 76.1 Å². The molecule has 4 rings (SSSR count). The first-order chi connectivity index (χ1) is 17.4. The first-order valence-corrected chi connectivity index (χ1v) is 13.2. The third-order valence-corrected chi connectivity index (χ3v) is 7.14. The molecule has 36 heavy (non-hydrogen) atoms. The van der Waals surface area contributed by atoms with Crippen molar-refractivity contribution in [2.45, 2.75) is 20.5 Å². The summed E-state index contributed by atoms with van der Waals surface area (Å²) in [6.07, 6.45) is 1.72. The van der Waals surface area contributed by atoms with Crippen molar-refractivity contribution < 1.29 is 19.1 Å². The Morgan fingerprint density at radius 3 is 2.56 bits per heavy atom. The summed E-state index contributed by atoms with van der Waals surface area (Å²) >= 11 is 10.1. The molecular weight excluding hydrogens is 560 g/mol. The number of thioether (sulfide) groups is 1. The van der Waals surface area contributed by atoms with Gasteiger partial charge in [-0.25, -0.2) is 0 Å². The molecule has 1 fully saturated rings. The number of hydrogen-bond acceptors (Lipinski definition) is 6. The van der Waals surface area contributed by atoms with Gasteiger partial charge in [0.1, 0.15) is 6.61 Å².